The standard InChI is InChI=1S/C7H4FIN2/c1-4-3-11-5(2-10)6(8)7(4)9/h3H,1H3. The zero-order valence-electron chi connectivity index (χ0n) is 5.73. The molecule has 1 aromatic heterocycles. The monoisotopic (exact) mass is 262 g/mol. The summed E-state index contributed by atoms with van der Waals surface area (Å²) in [6.45, 7) is 1.75. The number of pyridine rings is 1. The summed E-state index contributed by atoms with van der Waals surface area (Å²) in [6.07, 6.45) is 1.49. The van der Waals surface area contributed by atoms with Gasteiger partial charge in [-0.25, -0.2) is 9.37 Å². The molecule has 0 unspecified atom stereocenters. The zero-order valence-corrected chi connectivity index (χ0v) is 7.89. The van der Waals surface area contributed by atoms with E-state index in [-0.39, 0.29) is 5.69 Å². The molecule has 0 saturated heterocycles. The van der Waals surface area contributed by atoms with Crippen LogP contribution >= 0.6 is 22.6 Å². The minimum Gasteiger partial charge on any atom is -0.242 e. The lowest BCUT2D eigenvalue weighted by Gasteiger charge is -1.98. The van der Waals surface area contributed by atoms with Crippen molar-refractivity contribution in [3.63, 3.8) is 0 Å². The van der Waals surface area contributed by atoms with Crippen LogP contribution in [-0.4, -0.2) is 4.98 Å². The highest BCUT2D eigenvalue weighted by atomic mass is 127. The van der Waals surface area contributed by atoms with Gasteiger partial charge in [0.05, 0.1) is 3.57 Å². The second-order valence-electron chi connectivity index (χ2n) is 2.03. The summed E-state index contributed by atoms with van der Waals surface area (Å²) in [4.78, 5) is 3.62. The Balaban J connectivity index is 3.40. The summed E-state index contributed by atoms with van der Waals surface area (Å²) >= 11 is 1.85. The minimum atomic E-state index is -0.520. The Bertz CT molecular complexity index is 330. The van der Waals surface area contributed by atoms with Gasteiger partial charge in [0.25, 0.3) is 0 Å². The van der Waals surface area contributed by atoms with Gasteiger partial charge in [0.15, 0.2) is 11.5 Å². The molecule has 0 amide bonds. The van der Waals surface area contributed by atoms with Crippen molar-refractivity contribution in [1.82, 2.24) is 4.98 Å². The lowest BCUT2D eigenvalue weighted by molar-refractivity contribution is 0.607. The van der Waals surface area contributed by atoms with Gasteiger partial charge in [-0.15, -0.1) is 0 Å². The molecule has 0 N–H and O–H groups in total. The molecule has 0 aromatic carbocycles. The Morgan fingerprint density at radius 2 is 2.36 bits per heavy atom. The molecule has 1 rings (SSSR count). The Morgan fingerprint density at radius 3 is 2.91 bits per heavy atom. The summed E-state index contributed by atoms with van der Waals surface area (Å²) < 4.78 is 13.4. The van der Waals surface area contributed by atoms with Gasteiger partial charge in [-0.1, -0.05) is 0 Å². The SMILES string of the molecule is Cc1cnc(C#N)c(F)c1I. The van der Waals surface area contributed by atoms with Crippen molar-refractivity contribution >= 4 is 22.6 Å². The van der Waals surface area contributed by atoms with Crippen LogP contribution in [0.2, 0.25) is 0 Å². The molecular weight excluding hydrogens is 258 g/mol. The van der Waals surface area contributed by atoms with E-state index < -0.39 is 5.82 Å². The topological polar surface area (TPSA) is 36.7 Å². The first-order chi connectivity index (χ1) is 5.16. The van der Waals surface area contributed by atoms with Crippen LogP contribution in [-0.2, 0) is 0 Å². The van der Waals surface area contributed by atoms with Gasteiger partial charge in [0.1, 0.15) is 6.07 Å². The number of aromatic nitrogens is 1. The summed E-state index contributed by atoms with van der Waals surface area (Å²) in [5, 5.41) is 8.38. The minimum absolute atomic E-state index is 0.139. The Labute approximate surface area is 77.2 Å². The lowest BCUT2D eigenvalue weighted by Crippen LogP contribution is -1.95. The first kappa shape index (κ1) is 8.40. The molecule has 1 heterocycles. The Hall–Kier alpha value is -0.700. The van der Waals surface area contributed by atoms with E-state index in [0.29, 0.717) is 3.57 Å². The van der Waals surface area contributed by atoms with Crippen LogP contribution in [0.15, 0.2) is 6.20 Å². The molecular formula is C7H4FIN2. The van der Waals surface area contributed by atoms with E-state index in [1.807, 2.05) is 22.6 Å². The number of aryl methyl sites for hydroxylation is 1. The van der Waals surface area contributed by atoms with Gasteiger partial charge in [-0.05, 0) is 35.1 Å². The molecule has 0 spiro atoms. The van der Waals surface area contributed by atoms with Gasteiger partial charge in [-0.2, -0.15) is 5.26 Å². The lowest BCUT2D eigenvalue weighted by atomic mass is 10.3. The highest BCUT2D eigenvalue weighted by Gasteiger charge is 2.08. The maximum atomic E-state index is 13.0. The number of hydrogen-bond acceptors (Lipinski definition) is 2. The summed E-state index contributed by atoms with van der Waals surface area (Å²) in [7, 11) is 0. The first-order valence-corrected chi connectivity index (χ1v) is 3.95. The quantitative estimate of drug-likeness (QED) is 0.670. The third kappa shape index (κ3) is 1.48. The molecule has 0 fully saturated rings. The second kappa shape index (κ2) is 3.13. The largest absolute Gasteiger partial charge is 0.242 e. The molecule has 0 radical (unpaired) electrons. The normalized spacial score (nSPS) is 9.27. The van der Waals surface area contributed by atoms with E-state index >= 15 is 0 Å². The van der Waals surface area contributed by atoms with Crippen molar-refractivity contribution in [2.45, 2.75) is 6.92 Å². The third-order valence-corrected chi connectivity index (χ3v) is 2.56. The number of nitrogens with zero attached hydrogens (tertiary/aromatic N) is 2. The fourth-order valence-corrected chi connectivity index (χ4v) is 1.02. The molecule has 2 nitrogen and oxygen atoms in total. The van der Waals surface area contributed by atoms with E-state index in [1.165, 1.54) is 6.20 Å². The summed E-state index contributed by atoms with van der Waals surface area (Å²) in [5.74, 6) is -0.520. The summed E-state index contributed by atoms with van der Waals surface area (Å²) in [6, 6.07) is 1.67. The number of rotatable bonds is 0. The fourth-order valence-electron chi connectivity index (χ4n) is 0.630. The van der Waals surface area contributed by atoms with Gasteiger partial charge in [0.2, 0.25) is 0 Å². The van der Waals surface area contributed by atoms with Gasteiger partial charge in [-0.3, -0.25) is 0 Å². The molecule has 0 saturated carbocycles. The molecule has 56 valence electrons. The van der Waals surface area contributed by atoms with Crippen molar-refractivity contribution < 1.29 is 4.39 Å². The predicted octanol–water partition coefficient (Wildman–Crippen LogP) is 2.01. The van der Waals surface area contributed by atoms with E-state index in [9.17, 15) is 4.39 Å². The van der Waals surface area contributed by atoms with E-state index in [1.54, 1.807) is 13.0 Å². The molecule has 11 heavy (non-hydrogen) atoms. The van der Waals surface area contributed by atoms with Crippen molar-refractivity contribution in [3.05, 3.63) is 26.8 Å². The van der Waals surface area contributed by atoms with Crippen LogP contribution in [0, 0.1) is 27.6 Å². The summed E-state index contributed by atoms with van der Waals surface area (Å²) in [5.41, 5.74) is 0.613. The Kier molecular flexibility index (Phi) is 2.39. The molecule has 0 aliphatic heterocycles. The number of nitriles is 1. The first-order valence-electron chi connectivity index (χ1n) is 2.87. The predicted molar refractivity (Wildman–Crippen MR) is 46.4 cm³/mol. The maximum absolute atomic E-state index is 13.0. The maximum Gasteiger partial charge on any atom is 0.177 e. The van der Waals surface area contributed by atoms with Crippen LogP contribution in [0.25, 0.3) is 0 Å². The Morgan fingerprint density at radius 1 is 1.73 bits per heavy atom. The zero-order chi connectivity index (χ0) is 8.43. The van der Waals surface area contributed by atoms with Crippen LogP contribution in [0.3, 0.4) is 0 Å². The van der Waals surface area contributed by atoms with Crippen molar-refractivity contribution in [3.8, 4) is 6.07 Å². The molecule has 0 atom stereocenters. The van der Waals surface area contributed by atoms with Crippen LogP contribution < -0.4 is 0 Å². The van der Waals surface area contributed by atoms with Crippen molar-refractivity contribution in [1.29, 1.82) is 5.26 Å². The molecule has 4 heteroatoms. The average molecular weight is 262 g/mol. The fraction of sp³-hybridized carbons (Fsp3) is 0.143. The molecule has 0 bridgehead atoms. The average Bonchev–Trinajstić information content (AvgIpc) is 2.01. The number of halogens is 2. The van der Waals surface area contributed by atoms with Crippen molar-refractivity contribution in [2.24, 2.45) is 0 Å². The van der Waals surface area contributed by atoms with Crippen LogP contribution in [0.5, 0.6) is 0 Å². The highest BCUT2D eigenvalue weighted by molar-refractivity contribution is 14.1. The number of hydrogen-bond donors (Lipinski definition) is 0. The van der Waals surface area contributed by atoms with Gasteiger partial charge >= 0.3 is 0 Å². The third-order valence-electron chi connectivity index (χ3n) is 1.24. The van der Waals surface area contributed by atoms with E-state index in [4.69, 9.17) is 5.26 Å². The second-order valence-corrected chi connectivity index (χ2v) is 3.11. The molecule has 0 aliphatic rings. The molecule has 1 aromatic rings. The van der Waals surface area contributed by atoms with Crippen LogP contribution in [0.4, 0.5) is 4.39 Å². The van der Waals surface area contributed by atoms with Gasteiger partial charge < -0.3 is 0 Å². The smallest absolute Gasteiger partial charge is 0.177 e. The van der Waals surface area contributed by atoms with Crippen molar-refractivity contribution in [2.75, 3.05) is 0 Å². The van der Waals surface area contributed by atoms with E-state index in [0.717, 1.165) is 5.56 Å². The van der Waals surface area contributed by atoms with Crippen LogP contribution in [0.1, 0.15) is 11.3 Å². The van der Waals surface area contributed by atoms with E-state index in [2.05, 4.69) is 4.98 Å². The highest BCUT2D eigenvalue weighted by Crippen LogP contribution is 2.16. The van der Waals surface area contributed by atoms with Gasteiger partial charge in [0, 0.05) is 6.20 Å². The molecule has 0 aliphatic carbocycles.